The molecule has 0 bridgehead atoms. The van der Waals surface area contributed by atoms with Crippen LogP contribution < -0.4 is 4.74 Å². The zero-order chi connectivity index (χ0) is 15.8. The maximum atomic E-state index is 13.2. The van der Waals surface area contributed by atoms with E-state index in [1.807, 2.05) is 24.3 Å². The lowest BCUT2D eigenvalue weighted by Crippen LogP contribution is -2.42. The van der Waals surface area contributed by atoms with Crippen molar-refractivity contribution in [2.75, 3.05) is 13.2 Å². The highest BCUT2D eigenvalue weighted by Crippen LogP contribution is 2.38. The van der Waals surface area contributed by atoms with E-state index < -0.39 is 0 Å². The van der Waals surface area contributed by atoms with Crippen LogP contribution in [0.2, 0.25) is 0 Å². The number of aryl methyl sites for hydroxylation is 1. The van der Waals surface area contributed by atoms with Crippen LogP contribution in [0, 0.1) is 0 Å². The van der Waals surface area contributed by atoms with Crippen molar-refractivity contribution in [2.45, 2.75) is 31.2 Å². The number of fused-ring (bicyclic) bond motifs is 1. The lowest BCUT2D eigenvalue weighted by atomic mass is 9.94. The summed E-state index contributed by atoms with van der Waals surface area (Å²) in [5, 5.41) is 0. The number of ether oxygens (including phenoxy) is 1. The first-order valence-corrected chi connectivity index (χ1v) is 8.39. The molecule has 0 saturated carbocycles. The molecule has 1 saturated heterocycles. The van der Waals surface area contributed by atoms with E-state index in [1.165, 1.54) is 12.1 Å². The maximum absolute atomic E-state index is 13.2. The van der Waals surface area contributed by atoms with Crippen LogP contribution in [-0.2, 0) is 11.8 Å². The largest absolute Gasteiger partial charge is 0.492 e. The molecule has 120 valence electrons. The summed E-state index contributed by atoms with van der Waals surface area (Å²) in [6.45, 7) is 1.31. The van der Waals surface area contributed by atoms with Crippen molar-refractivity contribution in [2.24, 2.45) is 7.05 Å². The number of carbonyl (C=O) groups excluding carboxylic acids is 1. The van der Waals surface area contributed by atoms with Gasteiger partial charge in [0.1, 0.15) is 18.3 Å². The smallest absolute Gasteiger partial charge is 0.234 e. The minimum Gasteiger partial charge on any atom is -0.492 e. The number of hydrogen-bond donors (Lipinski definition) is 0. The molecule has 1 fully saturated rings. The van der Waals surface area contributed by atoms with E-state index in [4.69, 9.17) is 4.74 Å². The first-order valence-electron chi connectivity index (χ1n) is 8.39. The van der Waals surface area contributed by atoms with E-state index in [0.717, 1.165) is 30.7 Å². The normalized spacial score (nSPS) is 23.4. The molecule has 2 atom stereocenters. The van der Waals surface area contributed by atoms with Crippen LogP contribution in [0.4, 0.5) is 0 Å². The van der Waals surface area contributed by atoms with Gasteiger partial charge in [0.05, 0.1) is 6.04 Å². The van der Waals surface area contributed by atoms with E-state index >= 15 is 0 Å². The second kappa shape index (κ2) is 5.76. The Kier molecular flexibility index (Phi) is 3.60. The van der Waals surface area contributed by atoms with Gasteiger partial charge in [-0.15, -0.1) is 0 Å². The average Bonchev–Trinajstić information content (AvgIpc) is 3.20. The van der Waals surface area contributed by atoms with Gasteiger partial charge in [0, 0.05) is 31.0 Å². The number of carbonyl (C=O) groups is 1. The zero-order valence-corrected chi connectivity index (χ0v) is 13.4. The number of nitrogens with zero attached hydrogens (tertiary/aromatic N) is 2. The quantitative estimate of drug-likeness (QED) is 0.853. The van der Waals surface area contributed by atoms with Crippen LogP contribution in [-0.4, -0.2) is 28.5 Å². The van der Waals surface area contributed by atoms with Crippen molar-refractivity contribution in [3.05, 3.63) is 53.9 Å². The van der Waals surface area contributed by atoms with E-state index in [-0.39, 0.29) is 17.9 Å². The summed E-state index contributed by atoms with van der Waals surface area (Å²) in [7, 11) is 2.06. The molecule has 4 nitrogen and oxygen atoms in total. The second-order valence-electron chi connectivity index (χ2n) is 6.49. The summed E-state index contributed by atoms with van der Waals surface area (Å²) in [4.78, 5) is 15.3. The molecule has 4 rings (SSSR count). The van der Waals surface area contributed by atoms with Crippen LogP contribution in [0.15, 0.2) is 42.6 Å². The fourth-order valence-corrected chi connectivity index (χ4v) is 3.89. The third-order valence-corrected chi connectivity index (χ3v) is 5.11. The Balaban J connectivity index is 1.63. The predicted octanol–water partition coefficient (Wildman–Crippen LogP) is 3.25. The summed E-state index contributed by atoms with van der Waals surface area (Å²) in [5.41, 5.74) is 2.26. The number of benzene rings is 1. The zero-order valence-electron chi connectivity index (χ0n) is 13.4. The van der Waals surface area contributed by atoms with Gasteiger partial charge in [0.2, 0.25) is 5.91 Å². The first-order chi connectivity index (χ1) is 11.3. The van der Waals surface area contributed by atoms with Crippen molar-refractivity contribution in [3.8, 4) is 5.75 Å². The van der Waals surface area contributed by atoms with Gasteiger partial charge in [0.25, 0.3) is 0 Å². The number of hydrogen-bond acceptors (Lipinski definition) is 2. The fourth-order valence-electron chi connectivity index (χ4n) is 3.89. The monoisotopic (exact) mass is 310 g/mol. The molecule has 1 aromatic heterocycles. The van der Waals surface area contributed by atoms with Crippen LogP contribution in [0.3, 0.4) is 0 Å². The first kappa shape index (κ1) is 14.4. The molecule has 23 heavy (non-hydrogen) atoms. The Hall–Kier alpha value is -2.23. The molecular formula is C19H22N2O2. The summed E-state index contributed by atoms with van der Waals surface area (Å²) >= 11 is 0. The molecule has 2 aliphatic heterocycles. The van der Waals surface area contributed by atoms with Gasteiger partial charge in [-0.2, -0.15) is 0 Å². The molecule has 0 N–H and O–H groups in total. The fraction of sp³-hybridized carbons (Fsp3) is 0.421. The third kappa shape index (κ3) is 2.42. The molecule has 1 amide bonds. The standard InChI is InChI=1S/C19H22N2O2/c1-20-11-6-9-16(20)17-8-4-5-12-21(17)19(22)15-13-23-18-10-3-2-7-14(15)18/h2-3,6-7,9-11,15,17H,4-5,8,12-13H2,1H3/t15-,17+/m1/s1. The minimum absolute atomic E-state index is 0.160. The average molecular weight is 310 g/mol. The van der Waals surface area contributed by atoms with Crippen LogP contribution in [0.25, 0.3) is 0 Å². The second-order valence-corrected chi connectivity index (χ2v) is 6.49. The van der Waals surface area contributed by atoms with E-state index in [1.54, 1.807) is 0 Å². The molecule has 0 radical (unpaired) electrons. The predicted molar refractivity (Wildman–Crippen MR) is 88.4 cm³/mol. The topological polar surface area (TPSA) is 34.5 Å². The highest BCUT2D eigenvalue weighted by Gasteiger charge is 2.37. The molecule has 2 aromatic rings. The number of para-hydroxylation sites is 1. The molecular weight excluding hydrogens is 288 g/mol. The Bertz CT molecular complexity index is 722. The van der Waals surface area contributed by atoms with E-state index in [9.17, 15) is 4.79 Å². The Morgan fingerprint density at radius 1 is 1.17 bits per heavy atom. The summed E-state index contributed by atoms with van der Waals surface area (Å²) in [5.74, 6) is 0.909. The van der Waals surface area contributed by atoms with Gasteiger partial charge >= 0.3 is 0 Å². The molecule has 4 heteroatoms. The Morgan fingerprint density at radius 3 is 2.87 bits per heavy atom. The van der Waals surface area contributed by atoms with Crippen LogP contribution in [0.1, 0.15) is 42.5 Å². The summed E-state index contributed by atoms with van der Waals surface area (Å²) < 4.78 is 7.85. The SMILES string of the molecule is Cn1cccc1[C@@H]1CCCCN1C(=O)[C@@H]1COc2ccccc21. The molecule has 0 spiro atoms. The van der Waals surface area contributed by atoms with Gasteiger partial charge in [0.15, 0.2) is 0 Å². The van der Waals surface area contributed by atoms with Crippen molar-refractivity contribution in [1.82, 2.24) is 9.47 Å². The molecule has 2 aliphatic rings. The van der Waals surface area contributed by atoms with Gasteiger partial charge in [-0.3, -0.25) is 4.79 Å². The van der Waals surface area contributed by atoms with Crippen LogP contribution >= 0.6 is 0 Å². The number of likely N-dealkylation sites (tertiary alicyclic amines) is 1. The number of amides is 1. The lowest BCUT2D eigenvalue weighted by Gasteiger charge is -2.37. The van der Waals surface area contributed by atoms with Crippen molar-refractivity contribution < 1.29 is 9.53 Å². The molecule has 3 heterocycles. The summed E-state index contributed by atoms with van der Waals surface area (Å²) in [6.07, 6.45) is 5.36. The number of rotatable bonds is 2. The Morgan fingerprint density at radius 2 is 2.04 bits per heavy atom. The van der Waals surface area contributed by atoms with Gasteiger partial charge < -0.3 is 14.2 Å². The highest BCUT2D eigenvalue weighted by atomic mass is 16.5. The van der Waals surface area contributed by atoms with Crippen LogP contribution in [0.5, 0.6) is 5.75 Å². The van der Waals surface area contributed by atoms with Gasteiger partial charge in [-0.05, 0) is 37.5 Å². The van der Waals surface area contributed by atoms with Crippen molar-refractivity contribution in [1.29, 1.82) is 0 Å². The van der Waals surface area contributed by atoms with Crippen molar-refractivity contribution >= 4 is 5.91 Å². The molecule has 0 aliphatic carbocycles. The minimum atomic E-state index is -0.160. The lowest BCUT2D eigenvalue weighted by molar-refractivity contribution is -0.137. The molecule has 1 aromatic carbocycles. The van der Waals surface area contributed by atoms with Gasteiger partial charge in [-0.25, -0.2) is 0 Å². The van der Waals surface area contributed by atoms with E-state index in [0.29, 0.717) is 6.61 Å². The highest BCUT2D eigenvalue weighted by molar-refractivity contribution is 5.86. The maximum Gasteiger partial charge on any atom is 0.234 e. The van der Waals surface area contributed by atoms with Gasteiger partial charge in [-0.1, -0.05) is 18.2 Å². The third-order valence-electron chi connectivity index (χ3n) is 5.11. The Labute approximate surface area is 136 Å². The van der Waals surface area contributed by atoms with Crippen molar-refractivity contribution in [3.63, 3.8) is 0 Å². The number of piperidine rings is 1. The van der Waals surface area contributed by atoms with E-state index in [2.05, 4.69) is 34.8 Å². The molecule has 0 unspecified atom stereocenters. The summed E-state index contributed by atoms with van der Waals surface area (Å²) in [6, 6.07) is 12.3. The number of aromatic nitrogens is 1.